The average molecular weight is 782 g/mol. The second-order valence-corrected chi connectivity index (χ2v) is 31.3. The van der Waals surface area contributed by atoms with Gasteiger partial charge in [0.05, 0.1) is 6.61 Å². The Morgan fingerprint density at radius 2 is 1.29 bits per heavy atom. The Labute approximate surface area is 306 Å². The molecule has 0 bridgehead atoms. The highest BCUT2D eigenvalue weighted by Crippen LogP contribution is 2.31. The fraction of sp³-hybridized carbons (Fsp3) is 0.794. The van der Waals surface area contributed by atoms with Crippen LogP contribution in [0.1, 0.15) is 86.8 Å². The van der Waals surface area contributed by atoms with Crippen LogP contribution in [0.5, 0.6) is 0 Å². The van der Waals surface area contributed by atoms with Crippen molar-refractivity contribution in [3.05, 3.63) is 24.3 Å². The normalized spacial score (nSPS) is 13.8. The SMILES string of the molecule is C=C(C)C(=O)CCCCC[Si](C)(C)O[Si](C)(C)O[Si](C)(CCCCO[P+](=O)[O-])O[Si](C)(C)CCCCCOC(=O)C(=C)C.[2H]CC[N+](=C)CC. The van der Waals surface area contributed by atoms with E-state index in [9.17, 15) is 19.0 Å². The maximum atomic E-state index is 11.8. The third-order valence-electron chi connectivity index (χ3n) is 7.62. The molecule has 0 spiro atoms. The summed E-state index contributed by atoms with van der Waals surface area (Å²) in [5, 5.41) is 0. The summed E-state index contributed by atoms with van der Waals surface area (Å²) in [7, 11) is -12.2. The molecule has 0 aliphatic rings. The predicted octanol–water partition coefficient (Wildman–Crippen LogP) is 8.77. The van der Waals surface area contributed by atoms with Crippen LogP contribution in [0.2, 0.25) is 64.0 Å². The summed E-state index contributed by atoms with van der Waals surface area (Å²) >= 11 is 0. The quantitative estimate of drug-likeness (QED) is 0.0146. The van der Waals surface area contributed by atoms with Gasteiger partial charge in [-0.1, -0.05) is 38.8 Å². The van der Waals surface area contributed by atoms with E-state index in [4.69, 9.17) is 23.0 Å². The van der Waals surface area contributed by atoms with E-state index in [1.54, 1.807) is 13.8 Å². The minimum absolute atomic E-state index is 0.142. The van der Waals surface area contributed by atoms with Crippen LogP contribution in [0.4, 0.5) is 0 Å². The van der Waals surface area contributed by atoms with Crippen molar-refractivity contribution in [2.24, 2.45) is 0 Å². The van der Waals surface area contributed by atoms with Gasteiger partial charge in [-0.05, 0) is 127 Å². The summed E-state index contributed by atoms with van der Waals surface area (Å²) in [6, 6.07) is 2.70. The summed E-state index contributed by atoms with van der Waals surface area (Å²) in [6.45, 7) is 34.4. The van der Waals surface area contributed by atoms with Crippen LogP contribution in [-0.4, -0.2) is 83.1 Å². The Morgan fingerprint density at radius 3 is 1.78 bits per heavy atom. The molecule has 0 rings (SSSR count). The second-order valence-electron chi connectivity index (χ2n) is 14.6. The Bertz CT molecular complexity index is 1080. The first-order valence-corrected chi connectivity index (χ1v) is 30.4. The molecule has 10 nitrogen and oxygen atoms in total. The Hall–Kier alpha value is -0.942. The third kappa shape index (κ3) is 29.3. The number of rotatable bonds is 28. The van der Waals surface area contributed by atoms with Crippen molar-refractivity contribution in [1.29, 1.82) is 0 Å². The number of Topliss-reactive ketones (excluding diaryl/α,β-unsaturated/α-hetero) is 1. The molecule has 0 saturated carbocycles. The van der Waals surface area contributed by atoms with E-state index < -0.39 is 42.0 Å². The zero-order valence-corrected chi connectivity index (χ0v) is 37.6. The van der Waals surface area contributed by atoms with Gasteiger partial charge >= 0.3 is 31.3 Å². The molecule has 0 saturated heterocycles. The first kappa shape index (κ1) is 48.1. The van der Waals surface area contributed by atoms with Gasteiger partial charge in [0.1, 0.15) is 26.4 Å². The lowest BCUT2D eigenvalue weighted by Gasteiger charge is -2.43. The van der Waals surface area contributed by atoms with E-state index in [2.05, 4.69) is 65.7 Å². The van der Waals surface area contributed by atoms with Crippen LogP contribution in [0.3, 0.4) is 0 Å². The Balaban J connectivity index is 0. The lowest BCUT2D eigenvalue weighted by atomic mass is 10.1. The minimum atomic E-state index is -2.84. The third-order valence-corrected chi connectivity index (χ3v) is 24.2. The van der Waals surface area contributed by atoms with Crippen LogP contribution >= 0.6 is 8.25 Å². The van der Waals surface area contributed by atoms with Crippen molar-refractivity contribution < 1.29 is 46.6 Å². The number of hydrogen-bond acceptors (Lipinski definition) is 9. The summed E-state index contributed by atoms with van der Waals surface area (Å²) in [5.41, 5.74) is 1.03. The topological polar surface area (TPSA) is 123 Å². The summed E-state index contributed by atoms with van der Waals surface area (Å²) in [4.78, 5) is 34.2. The first-order chi connectivity index (χ1) is 23.0. The molecule has 0 aliphatic heterocycles. The lowest BCUT2D eigenvalue weighted by molar-refractivity contribution is -0.511. The number of carbonyl (C=O) groups excluding carboxylic acids is 2. The van der Waals surface area contributed by atoms with Gasteiger partial charge in [0, 0.05) is 13.4 Å². The maximum absolute atomic E-state index is 11.8. The van der Waals surface area contributed by atoms with E-state index in [0.29, 0.717) is 37.5 Å². The van der Waals surface area contributed by atoms with Gasteiger partial charge < -0.3 is 22.0 Å². The molecule has 15 heteroatoms. The molecule has 49 heavy (non-hydrogen) atoms. The van der Waals surface area contributed by atoms with Gasteiger partial charge in [0.2, 0.25) is 0 Å². The summed E-state index contributed by atoms with van der Waals surface area (Å²) in [6.07, 6.45) is 7.52. The number of hydrogen-bond donors (Lipinski definition) is 0. The van der Waals surface area contributed by atoms with E-state index in [1.165, 1.54) is 0 Å². The first-order valence-electron chi connectivity index (χ1n) is 18.4. The molecule has 0 heterocycles. The lowest BCUT2D eigenvalue weighted by Crippen LogP contribution is -2.57. The predicted molar refractivity (Wildman–Crippen MR) is 211 cm³/mol. The van der Waals surface area contributed by atoms with Crippen molar-refractivity contribution in [2.75, 3.05) is 26.3 Å². The second kappa shape index (κ2) is 25.9. The number of carbonyl (C=O) groups is 2. The molecule has 0 aromatic carbocycles. The number of ketones is 1. The van der Waals surface area contributed by atoms with E-state index in [1.807, 2.05) is 11.5 Å². The van der Waals surface area contributed by atoms with Crippen molar-refractivity contribution in [3.63, 3.8) is 0 Å². The number of unbranched alkanes of at least 4 members (excludes halogenated alkanes) is 5. The van der Waals surface area contributed by atoms with E-state index >= 15 is 0 Å². The summed E-state index contributed by atoms with van der Waals surface area (Å²) < 4.78 is 50.1. The van der Waals surface area contributed by atoms with Gasteiger partial charge in [-0.3, -0.25) is 4.79 Å². The van der Waals surface area contributed by atoms with Crippen LogP contribution in [0, 0.1) is 0 Å². The monoisotopic (exact) mass is 781 g/mol. The molecule has 2 atom stereocenters. The zero-order chi connectivity index (χ0) is 39.0. The number of esters is 1. The Morgan fingerprint density at radius 1 is 0.755 bits per heavy atom. The molecule has 2 unspecified atom stereocenters. The van der Waals surface area contributed by atoms with Gasteiger partial charge in [-0.25, -0.2) is 9.37 Å². The molecule has 286 valence electrons. The smallest absolute Gasteiger partial charge is 0.488 e. The molecule has 0 amide bonds. The average Bonchev–Trinajstić information content (AvgIpc) is 2.96. The van der Waals surface area contributed by atoms with Crippen LogP contribution in [-0.2, 0) is 35.8 Å². The maximum Gasteiger partial charge on any atom is 0.488 e. The van der Waals surface area contributed by atoms with Crippen molar-refractivity contribution in [1.82, 2.24) is 0 Å². The number of nitrogens with zero attached hydrogens (tertiary/aromatic N) is 1. The van der Waals surface area contributed by atoms with Crippen LogP contribution in [0.25, 0.3) is 0 Å². The summed E-state index contributed by atoms with van der Waals surface area (Å²) in [5.74, 6) is -0.206. The Kier molecular flexibility index (Phi) is 25.4. The fourth-order valence-corrected chi connectivity index (χ4v) is 25.5. The van der Waals surface area contributed by atoms with E-state index in [0.717, 1.165) is 76.2 Å². The molecule has 0 aromatic heterocycles. The van der Waals surface area contributed by atoms with Gasteiger partial charge in [0.15, 0.2) is 22.4 Å². The largest absolute Gasteiger partial charge is 0.566 e. The van der Waals surface area contributed by atoms with Gasteiger partial charge in [0.25, 0.3) is 0 Å². The zero-order valence-electron chi connectivity index (χ0n) is 33.7. The van der Waals surface area contributed by atoms with E-state index in [-0.39, 0.29) is 18.4 Å². The highest BCUT2D eigenvalue weighted by Gasteiger charge is 2.45. The number of allylic oxidation sites excluding steroid dienone is 1. The van der Waals surface area contributed by atoms with Crippen LogP contribution < -0.4 is 4.89 Å². The van der Waals surface area contributed by atoms with Gasteiger partial charge in [-0.15, -0.1) is 4.52 Å². The molecule has 0 N–H and O–H groups in total. The molecular weight excluding hydrogens is 710 g/mol. The van der Waals surface area contributed by atoms with Crippen molar-refractivity contribution >= 4 is 60.5 Å². The highest BCUT2D eigenvalue weighted by molar-refractivity contribution is 7.30. The highest BCUT2D eigenvalue weighted by atomic mass is 31.1. The van der Waals surface area contributed by atoms with Crippen LogP contribution in [0.15, 0.2) is 24.3 Å². The molecule has 0 fully saturated rings. The molecule has 0 radical (unpaired) electrons. The van der Waals surface area contributed by atoms with Crippen molar-refractivity contribution in [2.45, 2.75) is 149 Å². The molecule has 0 aliphatic carbocycles. The molecule has 0 aromatic rings. The minimum Gasteiger partial charge on any atom is -0.566 e. The van der Waals surface area contributed by atoms with Crippen molar-refractivity contribution in [3.8, 4) is 0 Å². The number of ether oxygens (including phenoxy) is 1. The van der Waals surface area contributed by atoms with Gasteiger partial charge in [-0.2, -0.15) is 0 Å². The standard InChI is InChI=1S/C29H59O9PSi4.C5H12N/c1-26(2)28(30)20-14-12-17-23-40(5,6)36-42(9,10)38-43(11,25-19-16-22-35-39(32)33)37-41(7,8)24-18-13-15-21-34-29(31)27(3)4;1-4-6(3)5-2/h1,3,12-25H2,2,4-11H3;3-5H2,1-2H3/q;+1/i;1D. The fourth-order valence-electron chi connectivity index (χ4n) is 5.21. The molecular formula is C34H71NO9PSi4+.